The Morgan fingerprint density at radius 2 is 2.05 bits per heavy atom. The molecule has 2 aromatic heterocycles. The maximum atomic E-state index is 5.22. The summed E-state index contributed by atoms with van der Waals surface area (Å²) < 4.78 is 10.3. The van der Waals surface area contributed by atoms with Crippen molar-refractivity contribution < 1.29 is 9.05 Å². The van der Waals surface area contributed by atoms with Crippen molar-refractivity contribution in [2.45, 2.75) is 46.2 Å². The minimum absolute atomic E-state index is 0.242. The monoisotopic (exact) mass is 262 g/mol. The van der Waals surface area contributed by atoms with Crippen LogP contribution in [0.2, 0.25) is 0 Å². The molecule has 0 aromatic carbocycles. The molecule has 0 aliphatic carbocycles. The Kier molecular flexibility index (Phi) is 3.10. The Labute approximate surface area is 111 Å². The van der Waals surface area contributed by atoms with E-state index in [4.69, 9.17) is 9.05 Å². The van der Waals surface area contributed by atoms with Crippen LogP contribution < -0.4 is 0 Å². The first-order chi connectivity index (χ1) is 9.15. The highest BCUT2D eigenvalue weighted by molar-refractivity contribution is 5.21. The predicted octanol–water partition coefficient (Wildman–Crippen LogP) is 2.32. The standard InChI is InChI=1S/C13H18N4O2/c1-8-11(9(2)18-15-8)7-17-6-4-5-12(17)13-14-10(3)19-16-13/h12H,4-7H2,1-3H3. The first-order valence-electron chi connectivity index (χ1n) is 6.61. The van der Waals surface area contributed by atoms with Crippen molar-refractivity contribution in [3.8, 4) is 0 Å². The van der Waals surface area contributed by atoms with Gasteiger partial charge in [0, 0.05) is 19.0 Å². The van der Waals surface area contributed by atoms with Crippen LogP contribution in [0.4, 0.5) is 0 Å². The minimum atomic E-state index is 0.242. The van der Waals surface area contributed by atoms with Crippen LogP contribution in [0, 0.1) is 20.8 Å². The average molecular weight is 262 g/mol. The third-order valence-corrected chi connectivity index (χ3v) is 3.75. The van der Waals surface area contributed by atoms with Gasteiger partial charge in [0.25, 0.3) is 0 Å². The van der Waals surface area contributed by atoms with Gasteiger partial charge in [0.15, 0.2) is 5.82 Å². The topological polar surface area (TPSA) is 68.2 Å². The summed E-state index contributed by atoms with van der Waals surface area (Å²) in [7, 11) is 0. The van der Waals surface area contributed by atoms with Crippen LogP contribution in [0.5, 0.6) is 0 Å². The highest BCUT2D eigenvalue weighted by atomic mass is 16.5. The highest BCUT2D eigenvalue weighted by Crippen LogP contribution is 2.32. The minimum Gasteiger partial charge on any atom is -0.361 e. The molecule has 1 fully saturated rings. The fourth-order valence-corrected chi connectivity index (χ4v) is 2.69. The summed E-state index contributed by atoms with van der Waals surface area (Å²) in [5, 5.41) is 8.06. The third-order valence-electron chi connectivity index (χ3n) is 3.75. The molecule has 1 unspecified atom stereocenters. The van der Waals surface area contributed by atoms with Crippen LogP contribution in [-0.4, -0.2) is 26.7 Å². The first-order valence-corrected chi connectivity index (χ1v) is 6.61. The fraction of sp³-hybridized carbons (Fsp3) is 0.615. The van der Waals surface area contributed by atoms with Gasteiger partial charge in [0.05, 0.1) is 11.7 Å². The summed E-state index contributed by atoms with van der Waals surface area (Å²) in [6.07, 6.45) is 2.23. The predicted molar refractivity (Wildman–Crippen MR) is 67.4 cm³/mol. The third kappa shape index (κ3) is 2.28. The number of hydrogen-bond donors (Lipinski definition) is 0. The van der Waals surface area contributed by atoms with Gasteiger partial charge >= 0.3 is 0 Å². The zero-order valence-electron chi connectivity index (χ0n) is 11.5. The molecule has 0 bridgehead atoms. The van der Waals surface area contributed by atoms with Gasteiger partial charge in [0.2, 0.25) is 5.89 Å². The molecule has 1 saturated heterocycles. The lowest BCUT2D eigenvalue weighted by Crippen LogP contribution is -2.24. The average Bonchev–Trinajstić information content (AvgIpc) is 3.06. The summed E-state index contributed by atoms with van der Waals surface area (Å²) in [5.74, 6) is 2.31. The lowest BCUT2D eigenvalue weighted by Gasteiger charge is -2.21. The van der Waals surface area contributed by atoms with E-state index in [1.807, 2.05) is 20.8 Å². The van der Waals surface area contributed by atoms with Gasteiger partial charge in [-0.1, -0.05) is 10.3 Å². The molecule has 3 heterocycles. The smallest absolute Gasteiger partial charge is 0.223 e. The normalized spacial score (nSPS) is 20.3. The van der Waals surface area contributed by atoms with Crippen LogP contribution in [0.3, 0.4) is 0 Å². The van der Waals surface area contributed by atoms with E-state index in [0.29, 0.717) is 5.89 Å². The summed E-state index contributed by atoms with van der Waals surface area (Å²) in [5.41, 5.74) is 2.14. The van der Waals surface area contributed by atoms with E-state index < -0.39 is 0 Å². The van der Waals surface area contributed by atoms with Crippen molar-refractivity contribution in [1.29, 1.82) is 0 Å². The van der Waals surface area contributed by atoms with Gasteiger partial charge < -0.3 is 9.05 Å². The van der Waals surface area contributed by atoms with E-state index in [0.717, 1.165) is 43.2 Å². The van der Waals surface area contributed by atoms with Crippen molar-refractivity contribution in [3.63, 3.8) is 0 Å². The molecule has 1 aliphatic rings. The number of aromatic nitrogens is 3. The quantitative estimate of drug-likeness (QED) is 0.845. The van der Waals surface area contributed by atoms with E-state index >= 15 is 0 Å². The maximum absolute atomic E-state index is 5.22. The van der Waals surface area contributed by atoms with E-state index in [1.165, 1.54) is 5.56 Å². The molecule has 6 nitrogen and oxygen atoms in total. The molecule has 6 heteroatoms. The molecule has 2 aromatic rings. The molecule has 0 saturated carbocycles. The van der Waals surface area contributed by atoms with Crippen LogP contribution in [0.1, 0.15) is 47.6 Å². The summed E-state index contributed by atoms with van der Waals surface area (Å²) in [6.45, 7) is 7.64. The van der Waals surface area contributed by atoms with Crippen molar-refractivity contribution in [2.75, 3.05) is 6.54 Å². The molecular formula is C13H18N4O2. The SMILES string of the molecule is Cc1nc(C2CCCN2Cc2c(C)noc2C)no1. The molecule has 102 valence electrons. The second-order valence-corrected chi connectivity index (χ2v) is 5.10. The van der Waals surface area contributed by atoms with Crippen LogP contribution in [0.25, 0.3) is 0 Å². The number of aryl methyl sites for hydroxylation is 3. The number of likely N-dealkylation sites (tertiary alicyclic amines) is 1. The molecule has 0 spiro atoms. The van der Waals surface area contributed by atoms with Gasteiger partial charge in [-0.05, 0) is 33.2 Å². The van der Waals surface area contributed by atoms with E-state index in [1.54, 1.807) is 0 Å². The zero-order chi connectivity index (χ0) is 13.4. The largest absolute Gasteiger partial charge is 0.361 e. The lowest BCUT2D eigenvalue weighted by molar-refractivity contribution is 0.232. The van der Waals surface area contributed by atoms with Gasteiger partial charge in [-0.2, -0.15) is 4.98 Å². The van der Waals surface area contributed by atoms with Gasteiger partial charge in [-0.3, -0.25) is 4.90 Å². The lowest BCUT2D eigenvalue weighted by atomic mass is 10.1. The Balaban J connectivity index is 1.80. The van der Waals surface area contributed by atoms with Crippen molar-refractivity contribution >= 4 is 0 Å². The zero-order valence-corrected chi connectivity index (χ0v) is 11.5. The molecular weight excluding hydrogens is 244 g/mol. The van der Waals surface area contributed by atoms with Crippen LogP contribution in [0.15, 0.2) is 9.05 Å². The fourth-order valence-electron chi connectivity index (χ4n) is 2.69. The molecule has 1 aliphatic heterocycles. The van der Waals surface area contributed by atoms with Crippen molar-refractivity contribution in [2.24, 2.45) is 0 Å². The number of nitrogens with zero attached hydrogens (tertiary/aromatic N) is 4. The number of rotatable bonds is 3. The van der Waals surface area contributed by atoms with Crippen molar-refractivity contribution in [3.05, 3.63) is 28.7 Å². The van der Waals surface area contributed by atoms with Crippen LogP contribution in [-0.2, 0) is 6.54 Å². The summed E-state index contributed by atoms with van der Waals surface area (Å²) >= 11 is 0. The van der Waals surface area contributed by atoms with Crippen molar-refractivity contribution in [1.82, 2.24) is 20.2 Å². The Hall–Kier alpha value is -1.69. The van der Waals surface area contributed by atoms with E-state index in [9.17, 15) is 0 Å². The Morgan fingerprint density at radius 3 is 2.68 bits per heavy atom. The van der Waals surface area contributed by atoms with Crippen LogP contribution >= 0.6 is 0 Å². The Morgan fingerprint density at radius 1 is 1.21 bits per heavy atom. The van der Waals surface area contributed by atoms with Gasteiger partial charge in [0.1, 0.15) is 5.76 Å². The summed E-state index contributed by atoms with van der Waals surface area (Å²) in [6, 6.07) is 0.242. The maximum Gasteiger partial charge on any atom is 0.223 e. The van der Waals surface area contributed by atoms with E-state index in [-0.39, 0.29) is 6.04 Å². The summed E-state index contributed by atoms with van der Waals surface area (Å²) in [4.78, 5) is 6.73. The molecule has 1 atom stereocenters. The number of hydrogen-bond acceptors (Lipinski definition) is 6. The first kappa shape index (κ1) is 12.3. The molecule has 19 heavy (non-hydrogen) atoms. The molecule has 0 amide bonds. The molecule has 3 rings (SSSR count). The van der Waals surface area contributed by atoms with Gasteiger partial charge in [-0.25, -0.2) is 0 Å². The molecule has 0 N–H and O–H groups in total. The second-order valence-electron chi connectivity index (χ2n) is 5.10. The van der Waals surface area contributed by atoms with E-state index in [2.05, 4.69) is 20.2 Å². The molecule has 0 radical (unpaired) electrons. The second kappa shape index (κ2) is 4.77. The highest BCUT2D eigenvalue weighted by Gasteiger charge is 2.30. The van der Waals surface area contributed by atoms with Gasteiger partial charge in [-0.15, -0.1) is 0 Å². The Bertz CT molecular complexity index is 555.